The topological polar surface area (TPSA) is 40.6 Å². The van der Waals surface area contributed by atoms with Crippen molar-refractivity contribution in [2.24, 2.45) is 0 Å². The molecule has 0 aliphatic carbocycles. The van der Waals surface area contributed by atoms with Crippen LogP contribution in [-0.4, -0.2) is 19.2 Å². The fraction of sp³-hybridized carbons (Fsp3) is 0.154. The minimum atomic E-state index is 0.320. The third-order valence-electron chi connectivity index (χ3n) is 2.31. The number of nitrogens with zero attached hydrogens (tertiary/aromatic N) is 1. The van der Waals surface area contributed by atoms with E-state index in [2.05, 4.69) is 20.9 Å². The molecule has 0 aliphatic rings. The highest BCUT2D eigenvalue weighted by molar-refractivity contribution is 9.10. The Morgan fingerprint density at radius 1 is 1.00 bits per heavy atom. The fourth-order valence-electron chi connectivity index (χ4n) is 1.43. The molecular weight excluding hydrogens is 334 g/mol. The Morgan fingerprint density at radius 3 is 2.11 bits per heavy atom. The molecule has 1 aromatic heterocycles. The van der Waals surface area contributed by atoms with E-state index in [4.69, 9.17) is 25.8 Å². The second-order valence-corrected chi connectivity index (χ2v) is 4.91. The van der Waals surface area contributed by atoms with Gasteiger partial charge in [0.25, 0.3) is 0 Å². The lowest BCUT2D eigenvalue weighted by atomic mass is 10.3. The predicted molar refractivity (Wildman–Crippen MR) is 76.6 cm³/mol. The molecule has 19 heavy (non-hydrogen) atoms. The lowest BCUT2D eigenvalue weighted by Crippen LogP contribution is -1.92. The van der Waals surface area contributed by atoms with Crippen LogP contribution in [0, 0.1) is 0 Å². The predicted octanol–water partition coefficient (Wildman–Crippen LogP) is 4.31. The van der Waals surface area contributed by atoms with Crippen molar-refractivity contribution in [2.45, 2.75) is 0 Å². The van der Waals surface area contributed by atoms with E-state index in [1.165, 1.54) is 0 Å². The highest BCUT2D eigenvalue weighted by Gasteiger charge is 2.08. The van der Waals surface area contributed by atoms with Gasteiger partial charge in [-0.2, -0.15) is 0 Å². The quantitative estimate of drug-likeness (QED) is 0.829. The van der Waals surface area contributed by atoms with Crippen molar-refractivity contribution in [1.82, 2.24) is 4.98 Å². The molecule has 0 spiro atoms. The maximum Gasteiger partial charge on any atom is 0.238 e. The Labute approximate surface area is 124 Å². The average molecular weight is 345 g/mol. The van der Waals surface area contributed by atoms with Crippen molar-refractivity contribution in [2.75, 3.05) is 14.2 Å². The van der Waals surface area contributed by atoms with Gasteiger partial charge in [-0.05, 0) is 22.0 Å². The SMILES string of the molecule is COc1cc(OC)cc(Oc2ncc(Br)cc2Cl)c1. The number of rotatable bonds is 4. The van der Waals surface area contributed by atoms with Gasteiger partial charge in [-0.15, -0.1) is 0 Å². The first-order valence-corrected chi connectivity index (χ1v) is 6.51. The van der Waals surface area contributed by atoms with Gasteiger partial charge in [0.1, 0.15) is 22.3 Å². The van der Waals surface area contributed by atoms with Gasteiger partial charge in [0.2, 0.25) is 5.88 Å². The number of pyridine rings is 1. The summed E-state index contributed by atoms with van der Waals surface area (Å²) in [4.78, 5) is 4.10. The third-order valence-corrected chi connectivity index (χ3v) is 3.02. The molecule has 0 amide bonds. The molecular formula is C13H11BrClNO3. The molecule has 0 aliphatic heterocycles. The van der Waals surface area contributed by atoms with E-state index in [1.807, 2.05) is 0 Å². The van der Waals surface area contributed by atoms with Crippen LogP contribution in [0.3, 0.4) is 0 Å². The lowest BCUT2D eigenvalue weighted by molar-refractivity contribution is 0.385. The second-order valence-electron chi connectivity index (χ2n) is 3.59. The molecule has 2 aromatic rings. The molecule has 0 fully saturated rings. The van der Waals surface area contributed by atoms with Crippen molar-refractivity contribution in [3.63, 3.8) is 0 Å². The van der Waals surface area contributed by atoms with Crippen LogP contribution in [0.1, 0.15) is 0 Å². The summed E-state index contributed by atoms with van der Waals surface area (Å²) in [7, 11) is 3.15. The summed E-state index contributed by atoms with van der Waals surface area (Å²) in [5, 5.41) is 0.413. The van der Waals surface area contributed by atoms with E-state index in [1.54, 1.807) is 44.7 Å². The van der Waals surface area contributed by atoms with E-state index in [-0.39, 0.29) is 0 Å². The van der Waals surface area contributed by atoms with Crippen LogP contribution in [0.15, 0.2) is 34.9 Å². The first-order valence-electron chi connectivity index (χ1n) is 5.34. The maximum atomic E-state index is 6.05. The number of hydrogen-bond donors (Lipinski definition) is 0. The van der Waals surface area contributed by atoms with Gasteiger partial charge in [0.05, 0.1) is 14.2 Å². The van der Waals surface area contributed by atoms with Crippen molar-refractivity contribution in [3.8, 4) is 23.1 Å². The molecule has 6 heteroatoms. The van der Waals surface area contributed by atoms with Crippen molar-refractivity contribution < 1.29 is 14.2 Å². The summed E-state index contributed by atoms with van der Waals surface area (Å²) in [6.07, 6.45) is 1.61. The maximum absolute atomic E-state index is 6.05. The van der Waals surface area contributed by atoms with Crippen molar-refractivity contribution in [3.05, 3.63) is 40.0 Å². The van der Waals surface area contributed by atoms with Crippen LogP contribution < -0.4 is 14.2 Å². The molecule has 0 saturated carbocycles. The van der Waals surface area contributed by atoms with Crippen LogP contribution in [0.4, 0.5) is 0 Å². The van der Waals surface area contributed by atoms with Crippen molar-refractivity contribution in [1.29, 1.82) is 0 Å². The molecule has 1 heterocycles. The summed E-state index contributed by atoms with van der Waals surface area (Å²) < 4.78 is 16.7. The molecule has 100 valence electrons. The number of hydrogen-bond acceptors (Lipinski definition) is 4. The number of ether oxygens (including phenoxy) is 3. The number of methoxy groups -OCH3 is 2. The lowest BCUT2D eigenvalue weighted by Gasteiger charge is -2.10. The number of benzene rings is 1. The molecule has 0 radical (unpaired) electrons. The van der Waals surface area contributed by atoms with Crippen LogP contribution in [0.2, 0.25) is 5.02 Å². The van der Waals surface area contributed by atoms with Crippen LogP contribution >= 0.6 is 27.5 Å². The van der Waals surface area contributed by atoms with Gasteiger partial charge < -0.3 is 14.2 Å². The molecule has 0 N–H and O–H groups in total. The van der Waals surface area contributed by atoms with Gasteiger partial charge in [-0.3, -0.25) is 0 Å². The highest BCUT2D eigenvalue weighted by atomic mass is 79.9. The van der Waals surface area contributed by atoms with Crippen LogP contribution in [-0.2, 0) is 0 Å². The normalized spacial score (nSPS) is 10.1. The first-order chi connectivity index (χ1) is 9.12. The molecule has 0 bridgehead atoms. The smallest absolute Gasteiger partial charge is 0.238 e. The Kier molecular flexibility index (Phi) is 4.50. The second kappa shape index (κ2) is 6.12. The van der Waals surface area contributed by atoms with E-state index in [0.29, 0.717) is 28.2 Å². The molecule has 1 aromatic carbocycles. The summed E-state index contributed by atoms with van der Waals surface area (Å²) in [5.41, 5.74) is 0. The molecule has 0 atom stereocenters. The number of aromatic nitrogens is 1. The summed E-state index contributed by atoms with van der Waals surface area (Å²) in [5.74, 6) is 2.11. The van der Waals surface area contributed by atoms with Crippen molar-refractivity contribution >= 4 is 27.5 Å². The van der Waals surface area contributed by atoms with E-state index in [0.717, 1.165) is 4.47 Å². The standard InChI is InChI=1S/C13H11BrClNO3/c1-17-9-4-10(18-2)6-11(5-9)19-13-12(15)3-8(14)7-16-13/h3-7H,1-2H3. The average Bonchev–Trinajstić information content (AvgIpc) is 2.41. The Bertz CT molecular complexity index is 570. The monoisotopic (exact) mass is 343 g/mol. The fourth-order valence-corrected chi connectivity index (χ4v) is 2.10. The Hall–Kier alpha value is -1.46. The highest BCUT2D eigenvalue weighted by Crippen LogP contribution is 2.33. The first kappa shape index (κ1) is 14.0. The van der Waals surface area contributed by atoms with E-state index < -0.39 is 0 Å². The molecule has 0 saturated heterocycles. The van der Waals surface area contributed by atoms with E-state index in [9.17, 15) is 0 Å². The van der Waals surface area contributed by atoms with Gasteiger partial charge >= 0.3 is 0 Å². The largest absolute Gasteiger partial charge is 0.496 e. The van der Waals surface area contributed by atoms with Gasteiger partial charge in [-0.25, -0.2) is 4.98 Å². The zero-order chi connectivity index (χ0) is 13.8. The summed E-state index contributed by atoms with van der Waals surface area (Å²) in [6, 6.07) is 6.91. The number of halogens is 2. The van der Waals surface area contributed by atoms with E-state index >= 15 is 0 Å². The minimum Gasteiger partial charge on any atom is -0.496 e. The Balaban J connectivity index is 2.31. The van der Waals surface area contributed by atoms with Gasteiger partial charge in [0, 0.05) is 28.9 Å². The zero-order valence-corrected chi connectivity index (χ0v) is 12.7. The third kappa shape index (κ3) is 3.52. The zero-order valence-electron chi connectivity index (χ0n) is 10.3. The van der Waals surface area contributed by atoms with Gasteiger partial charge in [-0.1, -0.05) is 11.6 Å². The molecule has 0 unspecified atom stereocenters. The summed E-state index contributed by atoms with van der Waals surface area (Å²) in [6.45, 7) is 0. The van der Waals surface area contributed by atoms with Crippen LogP contribution in [0.5, 0.6) is 23.1 Å². The molecule has 2 rings (SSSR count). The Morgan fingerprint density at radius 2 is 1.58 bits per heavy atom. The molecule has 4 nitrogen and oxygen atoms in total. The minimum absolute atomic E-state index is 0.320. The van der Waals surface area contributed by atoms with Crippen LogP contribution in [0.25, 0.3) is 0 Å². The summed E-state index contributed by atoms with van der Waals surface area (Å²) >= 11 is 9.33. The van der Waals surface area contributed by atoms with Gasteiger partial charge in [0.15, 0.2) is 0 Å².